The lowest BCUT2D eigenvalue weighted by molar-refractivity contribution is 0.437. The molecule has 2 unspecified atom stereocenters. The van der Waals surface area contributed by atoms with Gasteiger partial charge in [0.2, 0.25) is 0 Å². The normalized spacial score (nSPS) is 22.2. The molecule has 1 aromatic rings. The molecule has 0 radical (unpaired) electrons. The van der Waals surface area contributed by atoms with E-state index in [2.05, 4.69) is 44.4 Å². The Morgan fingerprint density at radius 1 is 1.40 bits per heavy atom. The van der Waals surface area contributed by atoms with Gasteiger partial charge >= 0.3 is 0 Å². The molecule has 2 atom stereocenters. The van der Waals surface area contributed by atoms with Crippen LogP contribution in [0.5, 0.6) is 0 Å². The first-order chi connectivity index (χ1) is 7.24. The lowest BCUT2D eigenvalue weighted by atomic mass is 9.78. The SMILES string of the molecule is CNC(C)C1CCCc2c(C)cccc21. The van der Waals surface area contributed by atoms with Crippen molar-refractivity contribution >= 4 is 0 Å². The van der Waals surface area contributed by atoms with E-state index in [4.69, 9.17) is 0 Å². The van der Waals surface area contributed by atoms with Crippen molar-refractivity contribution in [3.05, 3.63) is 34.9 Å². The minimum Gasteiger partial charge on any atom is -0.317 e. The Kier molecular flexibility index (Phi) is 3.11. The van der Waals surface area contributed by atoms with Gasteiger partial charge in [0.05, 0.1) is 0 Å². The predicted octanol–water partition coefficient (Wildman–Crippen LogP) is 3.02. The van der Waals surface area contributed by atoms with Crippen LogP contribution >= 0.6 is 0 Å². The number of hydrogen-bond acceptors (Lipinski definition) is 1. The molecule has 0 heterocycles. The van der Waals surface area contributed by atoms with E-state index >= 15 is 0 Å². The van der Waals surface area contributed by atoms with E-state index in [0.717, 1.165) is 0 Å². The predicted molar refractivity (Wildman–Crippen MR) is 65.4 cm³/mol. The van der Waals surface area contributed by atoms with Crippen LogP contribution in [-0.2, 0) is 6.42 Å². The molecule has 82 valence electrons. The van der Waals surface area contributed by atoms with E-state index < -0.39 is 0 Å². The highest BCUT2D eigenvalue weighted by Crippen LogP contribution is 2.35. The fraction of sp³-hybridized carbons (Fsp3) is 0.571. The lowest BCUT2D eigenvalue weighted by Gasteiger charge is -2.31. The summed E-state index contributed by atoms with van der Waals surface area (Å²) in [5.74, 6) is 0.707. The van der Waals surface area contributed by atoms with Crippen molar-refractivity contribution in [3.8, 4) is 0 Å². The Labute approximate surface area is 92.9 Å². The molecule has 1 nitrogen and oxygen atoms in total. The number of hydrogen-bond donors (Lipinski definition) is 1. The molecule has 2 rings (SSSR count). The summed E-state index contributed by atoms with van der Waals surface area (Å²) in [7, 11) is 2.06. The van der Waals surface area contributed by atoms with Gasteiger partial charge in [-0.3, -0.25) is 0 Å². The summed E-state index contributed by atoms with van der Waals surface area (Å²) in [5, 5.41) is 3.39. The minimum absolute atomic E-state index is 0.589. The zero-order valence-corrected chi connectivity index (χ0v) is 10.0. The van der Waals surface area contributed by atoms with E-state index in [-0.39, 0.29) is 0 Å². The molecule has 0 saturated heterocycles. The maximum atomic E-state index is 3.39. The molecule has 1 heteroatoms. The van der Waals surface area contributed by atoms with Crippen molar-refractivity contribution in [1.29, 1.82) is 0 Å². The summed E-state index contributed by atoms with van der Waals surface area (Å²) < 4.78 is 0. The van der Waals surface area contributed by atoms with Gasteiger partial charge in [-0.15, -0.1) is 0 Å². The molecule has 1 aliphatic rings. The quantitative estimate of drug-likeness (QED) is 0.779. The first-order valence-electron chi connectivity index (χ1n) is 5.99. The maximum absolute atomic E-state index is 3.39. The molecule has 0 saturated carbocycles. The molecule has 0 aliphatic heterocycles. The highest BCUT2D eigenvalue weighted by atomic mass is 14.9. The van der Waals surface area contributed by atoms with E-state index in [1.807, 2.05) is 0 Å². The van der Waals surface area contributed by atoms with Gasteiger partial charge in [0, 0.05) is 6.04 Å². The summed E-state index contributed by atoms with van der Waals surface area (Å²) in [6, 6.07) is 7.35. The smallest absolute Gasteiger partial charge is 0.0105 e. The first-order valence-corrected chi connectivity index (χ1v) is 5.99. The van der Waals surface area contributed by atoms with Gasteiger partial charge in [0.1, 0.15) is 0 Å². The van der Waals surface area contributed by atoms with E-state index in [1.165, 1.54) is 24.8 Å². The van der Waals surface area contributed by atoms with Gasteiger partial charge in [-0.1, -0.05) is 18.2 Å². The third kappa shape index (κ3) is 1.93. The van der Waals surface area contributed by atoms with Crippen LogP contribution in [0.1, 0.15) is 42.4 Å². The van der Waals surface area contributed by atoms with E-state index in [0.29, 0.717) is 12.0 Å². The van der Waals surface area contributed by atoms with Crippen LogP contribution in [0.2, 0.25) is 0 Å². The molecule has 1 N–H and O–H groups in total. The highest BCUT2D eigenvalue weighted by Gasteiger charge is 2.24. The van der Waals surface area contributed by atoms with Gasteiger partial charge in [-0.2, -0.15) is 0 Å². The minimum atomic E-state index is 0.589. The molecule has 1 aliphatic carbocycles. The van der Waals surface area contributed by atoms with Crippen molar-refractivity contribution in [2.24, 2.45) is 0 Å². The van der Waals surface area contributed by atoms with Crippen molar-refractivity contribution in [3.63, 3.8) is 0 Å². The number of aryl methyl sites for hydroxylation is 1. The fourth-order valence-corrected chi connectivity index (χ4v) is 2.79. The molecule has 0 spiro atoms. The molecule has 1 aromatic carbocycles. The Balaban J connectivity index is 2.38. The van der Waals surface area contributed by atoms with E-state index in [1.54, 1.807) is 11.1 Å². The summed E-state index contributed by atoms with van der Waals surface area (Å²) in [6.07, 6.45) is 3.95. The number of benzene rings is 1. The number of nitrogens with one attached hydrogen (secondary N) is 1. The van der Waals surface area contributed by atoms with Gasteiger partial charge in [0.15, 0.2) is 0 Å². The van der Waals surface area contributed by atoms with Gasteiger partial charge < -0.3 is 5.32 Å². The Bertz CT molecular complexity index is 343. The van der Waals surface area contributed by atoms with E-state index in [9.17, 15) is 0 Å². The summed E-state index contributed by atoms with van der Waals surface area (Å²) in [6.45, 7) is 4.54. The fourth-order valence-electron chi connectivity index (χ4n) is 2.79. The average molecular weight is 203 g/mol. The Morgan fingerprint density at radius 3 is 2.93 bits per heavy atom. The molecule has 15 heavy (non-hydrogen) atoms. The second kappa shape index (κ2) is 4.36. The molecular formula is C14H21N. The standard InChI is InChI=1S/C14H21N/c1-10-6-4-9-14-12(10)7-5-8-13(14)11(2)15-3/h4,6,9,11,13,15H,5,7-8H2,1-3H3. The molecular weight excluding hydrogens is 182 g/mol. The van der Waals surface area contributed by atoms with Crippen molar-refractivity contribution in [2.75, 3.05) is 7.05 Å². The van der Waals surface area contributed by atoms with Gasteiger partial charge in [0.25, 0.3) is 0 Å². The second-order valence-electron chi connectivity index (χ2n) is 4.72. The van der Waals surface area contributed by atoms with Crippen LogP contribution in [0.4, 0.5) is 0 Å². The third-order valence-electron chi connectivity index (χ3n) is 3.85. The van der Waals surface area contributed by atoms with Gasteiger partial charge in [-0.25, -0.2) is 0 Å². The van der Waals surface area contributed by atoms with Gasteiger partial charge in [-0.05, 0) is 62.8 Å². The maximum Gasteiger partial charge on any atom is 0.0105 e. The zero-order chi connectivity index (χ0) is 10.8. The largest absolute Gasteiger partial charge is 0.317 e. The van der Waals surface area contributed by atoms with Crippen molar-refractivity contribution in [1.82, 2.24) is 5.32 Å². The van der Waals surface area contributed by atoms with Crippen molar-refractivity contribution < 1.29 is 0 Å². The average Bonchev–Trinajstić information content (AvgIpc) is 2.28. The second-order valence-corrected chi connectivity index (χ2v) is 4.72. The lowest BCUT2D eigenvalue weighted by Crippen LogP contribution is -2.31. The van der Waals surface area contributed by atoms with Crippen LogP contribution < -0.4 is 5.32 Å². The number of likely N-dealkylation sites (N-methyl/N-ethyl adjacent to an activating group) is 1. The zero-order valence-electron chi connectivity index (χ0n) is 10.0. The molecule has 0 aromatic heterocycles. The molecule has 0 amide bonds. The summed E-state index contributed by atoms with van der Waals surface area (Å²) in [4.78, 5) is 0. The van der Waals surface area contributed by atoms with Crippen LogP contribution in [0.3, 0.4) is 0 Å². The van der Waals surface area contributed by atoms with Crippen molar-refractivity contribution in [2.45, 2.75) is 45.1 Å². The van der Waals surface area contributed by atoms with Crippen LogP contribution in [-0.4, -0.2) is 13.1 Å². The number of rotatable bonds is 2. The van der Waals surface area contributed by atoms with Crippen LogP contribution in [0.25, 0.3) is 0 Å². The summed E-state index contributed by atoms with van der Waals surface area (Å²) >= 11 is 0. The van der Waals surface area contributed by atoms with Crippen LogP contribution in [0, 0.1) is 6.92 Å². The Hall–Kier alpha value is -0.820. The third-order valence-corrected chi connectivity index (χ3v) is 3.85. The molecule has 0 bridgehead atoms. The number of fused-ring (bicyclic) bond motifs is 1. The first kappa shape index (κ1) is 10.7. The summed E-state index contributed by atoms with van der Waals surface area (Å²) in [5.41, 5.74) is 4.67. The van der Waals surface area contributed by atoms with Crippen LogP contribution in [0.15, 0.2) is 18.2 Å². The highest BCUT2D eigenvalue weighted by molar-refractivity contribution is 5.39. The topological polar surface area (TPSA) is 12.0 Å². The molecule has 0 fully saturated rings. The Morgan fingerprint density at radius 2 is 2.20 bits per heavy atom. The monoisotopic (exact) mass is 203 g/mol.